The van der Waals surface area contributed by atoms with Crippen LogP contribution in [0.4, 0.5) is 0 Å². The van der Waals surface area contributed by atoms with Crippen molar-refractivity contribution in [3.63, 3.8) is 0 Å². The van der Waals surface area contributed by atoms with E-state index in [0.29, 0.717) is 13.2 Å². The number of carbonyl (C=O) groups excluding carboxylic acids is 2. The quantitative estimate of drug-likeness (QED) is 0.243. The van der Waals surface area contributed by atoms with Crippen LogP contribution in [0.5, 0.6) is 11.5 Å². The minimum absolute atomic E-state index is 0.225. The van der Waals surface area contributed by atoms with Gasteiger partial charge in [-0.2, -0.15) is 0 Å². The van der Waals surface area contributed by atoms with E-state index in [1.54, 1.807) is 13.8 Å². The molecule has 0 aliphatic heterocycles. The van der Waals surface area contributed by atoms with Crippen molar-refractivity contribution in [2.24, 2.45) is 0 Å². The molecule has 0 radical (unpaired) electrons. The Labute approximate surface area is 170 Å². The zero-order valence-electron chi connectivity index (χ0n) is 15.0. The largest absolute Gasteiger partial charge is 0.493 e. The van der Waals surface area contributed by atoms with Crippen LogP contribution in [0, 0.1) is 0 Å². The molecule has 0 unspecified atom stereocenters. The van der Waals surface area contributed by atoms with E-state index >= 15 is 0 Å². The third-order valence-corrected chi connectivity index (χ3v) is 4.27. The lowest BCUT2D eigenvalue weighted by Crippen LogP contribution is -2.14. The molecule has 0 aliphatic carbocycles. The number of ether oxygens (including phenoxy) is 4. The summed E-state index contributed by atoms with van der Waals surface area (Å²) in [4.78, 5) is 24.6. The molecule has 0 atom stereocenters. The van der Waals surface area contributed by atoms with Crippen molar-refractivity contribution in [2.45, 2.75) is 26.7 Å². The first-order valence-corrected chi connectivity index (χ1v) is 10.7. The molecule has 0 spiro atoms. The smallest absolute Gasteiger partial charge is 0.342 e. The second-order valence-corrected chi connectivity index (χ2v) is 6.65. The van der Waals surface area contributed by atoms with E-state index in [9.17, 15) is 9.59 Å². The van der Waals surface area contributed by atoms with E-state index in [2.05, 4.69) is 31.9 Å². The van der Waals surface area contributed by atoms with Crippen molar-refractivity contribution in [1.82, 2.24) is 0 Å². The van der Waals surface area contributed by atoms with Gasteiger partial charge in [0.25, 0.3) is 0 Å². The Morgan fingerprint density at radius 3 is 1.50 bits per heavy atom. The zero-order chi connectivity index (χ0) is 19.4. The molecule has 8 heteroatoms. The number of hydrogen-bond donors (Lipinski definition) is 0. The van der Waals surface area contributed by atoms with Gasteiger partial charge in [-0.15, -0.1) is 0 Å². The second kappa shape index (κ2) is 13.0. The van der Waals surface area contributed by atoms with Crippen molar-refractivity contribution in [1.29, 1.82) is 0 Å². The maximum Gasteiger partial charge on any atom is 0.342 e. The van der Waals surface area contributed by atoms with Gasteiger partial charge in [0.1, 0.15) is 22.6 Å². The highest BCUT2D eigenvalue weighted by Gasteiger charge is 2.23. The predicted molar refractivity (Wildman–Crippen MR) is 106 cm³/mol. The van der Waals surface area contributed by atoms with Crippen LogP contribution in [0.15, 0.2) is 12.1 Å². The summed E-state index contributed by atoms with van der Waals surface area (Å²) < 4.78 is 21.6. The van der Waals surface area contributed by atoms with Crippen LogP contribution in [0.3, 0.4) is 0 Å². The van der Waals surface area contributed by atoms with Gasteiger partial charge < -0.3 is 18.9 Å². The summed E-state index contributed by atoms with van der Waals surface area (Å²) in [6, 6.07) is 2.98. The van der Waals surface area contributed by atoms with Crippen LogP contribution < -0.4 is 9.47 Å². The monoisotopic (exact) mass is 494 g/mol. The molecule has 26 heavy (non-hydrogen) atoms. The molecule has 0 aromatic heterocycles. The zero-order valence-corrected chi connectivity index (χ0v) is 18.2. The molecule has 0 aliphatic rings. The number of rotatable bonds is 12. The standard InChI is InChI=1S/C18H24Br2O6/c1-3-23-17(21)13-11-16(26-10-6-8-20)14(18(22)24-4-2)12-15(13)25-9-5-7-19/h11-12H,3-10H2,1-2H3. The molecule has 146 valence electrons. The molecule has 0 amide bonds. The highest BCUT2D eigenvalue weighted by atomic mass is 79.9. The number of esters is 2. The Balaban J connectivity index is 3.28. The lowest BCUT2D eigenvalue weighted by Gasteiger charge is -2.16. The maximum absolute atomic E-state index is 12.3. The normalized spacial score (nSPS) is 10.3. The average molecular weight is 496 g/mol. The lowest BCUT2D eigenvalue weighted by molar-refractivity contribution is 0.0503. The third kappa shape index (κ3) is 7.15. The van der Waals surface area contributed by atoms with Gasteiger partial charge in [0.2, 0.25) is 0 Å². The van der Waals surface area contributed by atoms with Crippen molar-refractivity contribution in [3.05, 3.63) is 23.3 Å². The molecule has 0 fully saturated rings. The molecule has 0 bridgehead atoms. The first-order valence-electron chi connectivity index (χ1n) is 8.48. The van der Waals surface area contributed by atoms with Crippen LogP contribution >= 0.6 is 31.9 Å². The minimum Gasteiger partial charge on any atom is -0.493 e. The van der Waals surface area contributed by atoms with E-state index in [1.807, 2.05) is 0 Å². The van der Waals surface area contributed by atoms with Gasteiger partial charge in [0.05, 0.1) is 26.4 Å². The van der Waals surface area contributed by atoms with Gasteiger partial charge in [-0.05, 0) is 38.8 Å². The molecule has 0 heterocycles. The van der Waals surface area contributed by atoms with Gasteiger partial charge in [-0.25, -0.2) is 9.59 Å². The highest BCUT2D eigenvalue weighted by Crippen LogP contribution is 2.31. The number of halogens is 2. The number of hydrogen-bond acceptors (Lipinski definition) is 6. The summed E-state index contributed by atoms with van der Waals surface area (Å²) in [6.07, 6.45) is 1.50. The third-order valence-electron chi connectivity index (χ3n) is 3.14. The predicted octanol–water partition coefficient (Wildman–Crippen LogP) is 4.37. The maximum atomic E-state index is 12.3. The van der Waals surface area contributed by atoms with E-state index in [0.717, 1.165) is 23.5 Å². The first kappa shape index (κ1) is 22.8. The Morgan fingerprint density at radius 1 is 0.808 bits per heavy atom. The van der Waals surface area contributed by atoms with Gasteiger partial charge in [0.15, 0.2) is 0 Å². The van der Waals surface area contributed by atoms with E-state index < -0.39 is 11.9 Å². The molecule has 1 rings (SSSR count). The van der Waals surface area contributed by atoms with Gasteiger partial charge in [-0.3, -0.25) is 0 Å². The topological polar surface area (TPSA) is 71.1 Å². The molecule has 0 saturated heterocycles. The summed E-state index contributed by atoms with van der Waals surface area (Å²) >= 11 is 6.66. The van der Waals surface area contributed by atoms with Gasteiger partial charge in [-0.1, -0.05) is 31.9 Å². The average Bonchev–Trinajstić information content (AvgIpc) is 2.63. The van der Waals surface area contributed by atoms with Gasteiger partial charge in [0, 0.05) is 10.7 Å². The number of carbonyl (C=O) groups is 2. The minimum atomic E-state index is -0.526. The molecular weight excluding hydrogens is 472 g/mol. The first-order chi connectivity index (χ1) is 12.6. The van der Waals surface area contributed by atoms with Crippen molar-refractivity contribution in [2.75, 3.05) is 37.1 Å². The van der Waals surface area contributed by atoms with Crippen LogP contribution in [0.1, 0.15) is 47.4 Å². The van der Waals surface area contributed by atoms with Crippen LogP contribution in [-0.2, 0) is 9.47 Å². The SMILES string of the molecule is CCOC(=O)c1cc(OCCCBr)c(C(=O)OCC)cc1OCCCBr. The van der Waals surface area contributed by atoms with Crippen molar-refractivity contribution < 1.29 is 28.5 Å². The van der Waals surface area contributed by atoms with Crippen LogP contribution in [-0.4, -0.2) is 49.0 Å². The lowest BCUT2D eigenvalue weighted by atomic mass is 10.1. The Kier molecular flexibility index (Phi) is 11.4. The highest BCUT2D eigenvalue weighted by molar-refractivity contribution is 9.09. The van der Waals surface area contributed by atoms with Crippen LogP contribution in [0.25, 0.3) is 0 Å². The van der Waals surface area contributed by atoms with Crippen molar-refractivity contribution in [3.8, 4) is 11.5 Å². The molecule has 0 N–H and O–H groups in total. The van der Waals surface area contributed by atoms with E-state index in [1.165, 1.54) is 12.1 Å². The Bertz CT molecular complexity index is 540. The number of benzene rings is 1. The summed E-state index contributed by atoms with van der Waals surface area (Å²) in [5.41, 5.74) is 0.451. The summed E-state index contributed by atoms with van der Waals surface area (Å²) in [7, 11) is 0. The summed E-state index contributed by atoms with van der Waals surface area (Å²) in [5.74, 6) is -0.496. The van der Waals surface area contributed by atoms with Crippen LogP contribution in [0.2, 0.25) is 0 Å². The summed E-state index contributed by atoms with van der Waals surface area (Å²) in [5, 5.41) is 1.53. The Hall–Kier alpha value is -1.28. The molecule has 6 nitrogen and oxygen atoms in total. The number of alkyl halides is 2. The van der Waals surface area contributed by atoms with E-state index in [4.69, 9.17) is 18.9 Å². The fourth-order valence-electron chi connectivity index (χ4n) is 2.01. The van der Waals surface area contributed by atoms with Gasteiger partial charge >= 0.3 is 11.9 Å². The summed E-state index contributed by atoms with van der Waals surface area (Å²) in [6.45, 7) is 4.71. The Morgan fingerprint density at radius 2 is 1.19 bits per heavy atom. The molecule has 0 saturated carbocycles. The molecule has 1 aromatic rings. The van der Waals surface area contributed by atoms with E-state index in [-0.39, 0.29) is 35.8 Å². The molecular formula is C18H24Br2O6. The fourth-order valence-corrected chi connectivity index (χ4v) is 2.47. The fraction of sp³-hybridized carbons (Fsp3) is 0.556. The van der Waals surface area contributed by atoms with Crippen molar-refractivity contribution >= 4 is 43.8 Å². The molecule has 1 aromatic carbocycles. The second-order valence-electron chi connectivity index (χ2n) is 5.07.